The fourth-order valence-corrected chi connectivity index (χ4v) is 7.49. The predicted molar refractivity (Wildman–Crippen MR) is 186 cm³/mol. The normalized spacial score (nSPS) is 11.2. The molecule has 5 heterocycles. The molecule has 2 N–H and O–H groups in total. The monoisotopic (exact) mass is 626 g/mol. The van der Waals surface area contributed by atoms with Crippen LogP contribution in [-0.4, -0.2) is 60.0 Å². The summed E-state index contributed by atoms with van der Waals surface area (Å²) in [5.41, 5.74) is 8.19. The first kappa shape index (κ1) is 29.0. The van der Waals surface area contributed by atoms with Gasteiger partial charge >= 0.3 is 0 Å². The summed E-state index contributed by atoms with van der Waals surface area (Å²) in [6.45, 7) is 1.45. The zero-order valence-electron chi connectivity index (χ0n) is 24.7. The lowest BCUT2D eigenvalue weighted by molar-refractivity contribution is 0.953. The molecule has 11 heteroatoms. The Morgan fingerprint density at radius 3 is 1.44 bits per heavy atom. The molecular formula is C32H34N8S3. The molecule has 0 saturated heterocycles. The minimum atomic E-state index is 0.723. The molecule has 0 radical (unpaired) electrons. The smallest absolute Gasteiger partial charge is 0.116 e. The van der Waals surface area contributed by atoms with Crippen molar-refractivity contribution >= 4 is 66.8 Å². The maximum absolute atomic E-state index is 4.90. The zero-order valence-corrected chi connectivity index (χ0v) is 27.1. The highest BCUT2D eigenvalue weighted by molar-refractivity contribution is 7.20. The number of nitrogens with one attached hydrogen (secondary N) is 2. The largest absolute Gasteiger partial charge is 0.382 e. The summed E-state index contributed by atoms with van der Waals surface area (Å²) in [7, 11) is 8.31. The molecule has 220 valence electrons. The molecule has 0 amide bonds. The van der Waals surface area contributed by atoms with E-state index in [1.54, 1.807) is 22.7 Å². The summed E-state index contributed by atoms with van der Waals surface area (Å²) in [5.74, 6) is 0. The van der Waals surface area contributed by atoms with E-state index in [2.05, 4.69) is 95.0 Å². The van der Waals surface area contributed by atoms with E-state index in [0.717, 1.165) is 80.6 Å². The summed E-state index contributed by atoms with van der Waals surface area (Å²) in [6.07, 6.45) is 5.30. The summed E-state index contributed by atoms with van der Waals surface area (Å²) >= 11 is 4.80. The number of anilines is 4. The quantitative estimate of drug-likeness (QED) is 0.146. The van der Waals surface area contributed by atoms with Crippen molar-refractivity contribution in [2.45, 2.75) is 12.8 Å². The van der Waals surface area contributed by atoms with Crippen LogP contribution in [0.25, 0.3) is 31.9 Å². The molecule has 0 bridgehead atoms. The van der Waals surface area contributed by atoms with E-state index in [9.17, 15) is 0 Å². The Balaban J connectivity index is 1.51. The van der Waals surface area contributed by atoms with Crippen molar-refractivity contribution in [2.75, 3.05) is 61.7 Å². The lowest BCUT2D eigenvalue weighted by Crippen LogP contribution is -2.13. The number of nitrogens with zero attached hydrogens (tertiary/aromatic N) is 6. The molecule has 0 fully saturated rings. The third-order valence-electron chi connectivity index (χ3n) is 7.09. The van der Waals surface area contributed by atoms with Gasteiger partial charge in [-0.05, 0) is 48.5 Å². The topological polar surface area (TPSA) is 82.1 Å². The number of hydrogen-bond donors (Lipinski definition) is 2. The Morgan fingerprint density at radius 2 is 1.07 bits per heavy atom. The highest BCUT2D eigenvalue weighted by Crippen LogP contribution is 2.51. The molecule has 0 aliphatic carbocycles. The highest BCUT2D eigenvalue weighted by Gasteiger charge is 2.26. The SMILES string of the molecule is CN(C)c1ccc(-c2c(NCCc3ccccn3)c(NCCc3ccccn3)c(-c3ccc(N(C)C)s3)c3nsnc23)s1. The van der Waals surface area contributed by atoms with E-state index >= 15 is 0 Å². The van der Waals surface area contributed by atoms with Crippen molar-refractivity contribution in [3.63, 3.8) is 0 Å². The molecule has 0 unspecified atom stereocenters. The second kappa shape index (κ2) is 13.1. The summed E-state index contributed by atoms with van der Waals surface area (Å²) in [5, 5.41) is 10.1. The number of hydrogen-bond acceptors (Lipinski definition) is 11. The number of rotatable bonds is 12. The second-order valence-corrected chi connectivity index (χ2v) is 13.2. The molecule has 0 atom stereocenters. The first-order valence-corrected chi connectivity index (χ1v) is 16.5. The molecule has 43 heavy (non-hydrogen) atoms. The Hall–Kier alpha value is -4.06. The fourth-order valence-electron chi connectivity index (χ4n) is 4.96. The van der Waals surface area contributed by atoms with Crippen LogP contribution in [0.15, 0.2) is 73.1 Å². The molecule has 5 aromatic heterocycles. The van der Waals surface area contributed by atoms with Crippen LogP contribution in [-0.2, 0) is 12.8 Å². The van der Waals surface area contributed by atoms with E-state index < -0.39 is 0 Å². The van der Waals surface area contributed by atoms with Gasteiger partial charge in [0.05, 0.1) is 33.1 Å². The Bertz CT molecular complexity index is 1660. The maximum atomic E-state index is 4.90. The van der Waals surface area contributed by atoms with E-state index in [0.29, 0.717) is 0 Å². The number of aromatic nitrogens is 4. The van der Waals surface area contributed by atoms with Crippen molar-refractivity contribution in [2.24, 2.45) is 0 Å². The van der Waals surface area contributed by atoms with Gasteiger partial charge in [0.15, 0.2) is 0 Å². The third kappa shape index (κ3) is 6.34. The van der Waals surface area contributed by atoms with E-state index in [1.807, 2.05) is 36.7 Å². The predicted octanol–water partition coefficient (Wildman–Crippen LogP) is 7.38. The van der Waals surface area contributed by atoms with Crippen molar-refractivity contribution in [3.05, 3.63) is 84.4 Å². The van der Waals surface area contributed by atoms with Gasteiger partial charge in [-0.1, -0.05) is 12.1 Å². The fraction of sp³-hybridized carbons (Fsp3) is 0.250. The van der Waals surface area contributed by atoms with Gasteiger partial charge in [-0.15, -0.1) is 22.7 Å². The minimum Gasteiger partial charge on any atom is -0.382 e. The van der Waals surface area contributed by atoms with Crippen LogP contribution < -0.4 is 20.4 Å². The minimum absolute atomic E-state index is 0.723. The Labute approximate surface area is 264 Å². The first-order chi connectivity index (χ1) is 21.0. The number of fused-ring (bicyclic) bond motifs is 1. The van der Waals surface area contributed by atoms with Gasteiger partial charge in [-0.3, -0.25) is 9.97 Å². The molecule has 0 aliphatic heterocycles. The summed E-state index contributed by atoms with van der Waals surface area (Å²) < 4.78 is 9.80. The van der Waals surface area contributed by atoms with Crippen LogP contribution in [0.1, 0.15) is 11.4 Å². The van der Waals surface area contributed by atoms with Gasteiger partial charge in [-0.25, -0.2) is 0 Å². The van der Waals surface area contributed by atoms with Crippen molar-refractivity contribution in [1.82, 2.24) is 18.7 Å². The summed E-state index contributed by atoms with van der Waals surface area (Å²) in [4.78, 5) is 15.7. The summed E-state index contributed by atoms with van der Waals surface area (Å²) in [6, 6.07) is 20.9. The van der Waals surface area contributed by atoms with E-state index in [4.69, 9.17) is 8.75 Å². The maximum Gasteiger partial charge on any atom is 0.116 e. The first-order valence-electron chi connectivity index (χ1n) is 14.1. The third-order valence-corrected chi connectivity index (χ3v) is 10.2. The number of benzene rings is 1. The van der Waals surface area contributed by atoms with Crippen molar-refractivity contribution < 1.29 is 0 Å². The molecule has 8 nitrogen and oxygen atoms in total. The van der Waals surface area contributed by atoms with Crippen LogP contribution in [0, 0.1) is 0 Å². The van der Waals surface area contributed by atoms with Crippen LogP contribution >= 0.6 is 34.4 Å². The molecule has 6 aromatic rings. The molecule has 0 aliphatic rings. The Kier molecular flexibility index (Phi) is 8.82. The number of pyridine rings is 2. The average molecular weight is 627 g/mol. The molecule has 6 rings (SSSR count). The van der Waals surface area contributed by atoms with Gasteiger partial charge in [-0.2, -0.15) is 8.75 Å². The second-order valence-electron chi connectivity index (χ2n) is 10.5. The molecule has 0 spiro atoms. The van der Waals surface area contributed by atoms with Crippen LogP contribution in [0.3, 0.4) is 0 Å². The average Bonchev–Trinajstić information content (AvgIpc) is 3.80. The van der Waals surface area contributed by atoms with Crippen LogP contribution in [0.4, 0.5) is 21.4 Å². The van der Waals surface area contributed by atoms with Gasteiger partial charge in [0.1, 0.15) is 11.0 Å². The lowest BCUT2D eigenvalue weighted by Gasteiger charge is -2.21. The van der Waals surface area contributed by atoms with Crippen LogP contribution in [0.5, 0.6) is 0 Å². The van der Waals surface area contributed by atoms with Crippen LogP contribution in [0.2, 0.25) is 0 Å². The number of thiophene rings is 2. The van der Waals surface area contributed by atoms with Gasteiger partial charge < -0.3 is 20.4 Å². The van der Waals surface area contributed by atoms with E-state index in [1.165, 1.54) is 21.7 Å². The highest BCUT2D eigenvalue weighted by atomic mass is 32.1. The van der Waals surface area contributed by atoms with Crippen molar-refractivity contribution in [3.8, 4) is 20.9 Å². The standard InChI is InChI=1S/C32H34N8S3/c1-39(2)25-13-11-23(41-25)27-29(35-19-15-21-9-5-7-17-33-21)30(36-20-16-22-10-6-8-18-34-22)28(32-31(27)37-43-38-32)24-12-14-26(42-24)40(3)4/h5-14,17-18,35-36H,15-16,19-20H2,1-4H3. The van der Waals surface area contributed by atoms with E-state index in [-0.39, 0.29) is 0 Å². The van der Waals surface area contributed by atoms with Gasteiger partial charge in [0.2, 0.25) is 0 Å². The Morgan fingerprint density at radius 1 is 0.605 bits per heavy atom. The molecule has 0 saturated carbocycles. The molecule has 1 aromatic carbocycles. The lowest BCUT2D eigenvalue weighted by atomic mass is 9.99. The van der Waals surface area contributed by atoms with Gasteiger partial charge in [0, 0.05) is 98.8 Å². The van der Waals surface area contributed by atoms with Crippen molar-refractivity contribution in [1.29, 1.82) is 0 Å². The zero-order chi connectivity index (χ0) is 29.8. The molecular weight excluding hydrogens is 593 g/mol. The van der Waals surface area contributed by atoms with Gasteiger partial charge in [0.25, 0.3) is 0 Å².